The van der Waals surface area contributed by atoms with Crippen LogP contribution in [0.25, 0.3) is 0 Å². The largest absolute Gasteiger partial charge is 0.366 e. The topological polar surface area (TPSA) is 47.3 Å². The fraction of sp³-hybridized carbons (Fsp3) is 0.500. The number of likely N-dealkylation sites (tertiary alicyclic amines) is 1. The van der Waals surface area contributed by atoms with Crippen LogP contribution in [0, 0.1) is 23.2 Å². The maximum absolute atomic E-state index is 14.2. The fourth-order valence-electron chi connectivity index (χ4n) is 4.98. The van der Waals surface area contributed by atoms with Gasteiger partial charge in [-0.2, -0.15) is 5.26 Å². The molecule has 4 rings (SSSR count). The summed E-state index contributed by atoms with van der Waals surface area (Å²) in [5.41, 5.74) is 1.23. The lowest BCUT2D eigenvalue weighted by Crippen LogP contribution is -2.42. The minimum atomic E-state index is -0.372. The molecule has 0 N–H and O–H groups in total. The van der Waals surface area contributed by atoms with Crippen LogP contribution >= 0.6 is 34.8 Å². The summed E-state index contributed by atoms with van der Waals surface area (Å²) in [5, 5.41) is 10.2. The average molecular weight is 497 g/mol. The van der Waals surface area contributed by atoms with Gasteiger partial charge in [-0.1, -0.05) is 47.6 Å². The first-order valence-electron chi connectivity index (χ1n) is 11.0. The smallest absolute Gasteiger partial charge is 0.225 e. The van der Waals surface area contributed by atoms with Gasteiger partial charge in [0.05, 0.1) is 15.6 Å². The van der Waals surface area contributed by atoms with Crippen molar-refractivity contribution in [2.45, 2.75) is 44.6 Å². The highest BCUT2D eigenvalue weighted by molar-refractivity contribution is 6.35. The van der Waals surface area contributed by atoms with Gasteiger partial charge in [0.2, 0.25) is 5.91 Å². The Balaban J connectivity index is 1.57. The number of amides is 1. The van der Waals surface area contributed by atoms with E-state index in [1.165, 1.54) is 6.08 Å². The lowest BCUT2D eigenvalue weighted by atomic mass is 9.97. The highest BCUT2D eigenvalue weighted by Gasteiger charge is 2.36. The Hall–Kier alpha value is -1.74. The second-order valence-electron chi connectivity index (χ2n) is 8.82. The number of nitriles is 1. The van der Waals surface area contributed by atoms with Crippen LogP contribution < -0.4 is 4.90 Å². The van der Waals surface area contributed by atoms with Crippen LogP contribution in [0.15, 0.2) is 40.2 Å². The van der Waals surface area contributed by atoms with Crippen LogP contribution in [0.3, 0.4) is 0 Å². The van der Waals surface area contributed by atoms with Crippen LogP contribution in [0.2, 0.25) is 5.02 Å². The third-order valence-electron chi connectivity index (χ3n) is 6.78. The van der Waals surface area contributed by atoms with Crippen LogP contribution in [0.5, 0.6) is 0 Å². The third kappa shape index (κ3) is 4.93. The number of hydrogen-bond acceptors (Lipinski definition) is 3. The molecule has 1 saturated carbocycles. The summed E-state index contributed by atoms with van der Waals surface area (Å²) < 4.78 is 14.2. The van der Waals surface area contributed by atoms with Crippen LogP contribution in [-0.2, 0) is 4.79 Å². The number of carbonyl (C=O) groups excluding carboxylic acids is 1. The van der Waals surface area contributed by atoms with E-state index >= 15 is 0 Å². The van der Waals surface area contributed by atoms with Crippen LogP contribution in [0.1, 0.15) is 44.1 Å². The molecule has 0 bridgehead atoms. The van der Waals surface area contributed by atoms with Gasteiger partial charge < -0.3 is 9.80 Å². The molecule has 0 radical (unpaired) electrons. The predicted molar refractivity (Wildman–Crippen MR) is 126 cm³/mol. The number of halogens is 4. The molecule has 2 aliphatic carbocycles. The molecule has 1 heterocycles. The van der Waals surface area contributed by atoms with Crippen molar-refractivity contribution in [2.75, 3.05) is 24.5 Å². The Morgan fingerprint density at radius 1 is 1.22 bits per heavy atom. The van der Waals surface area contributed by atoms with Gasteiger partial charge >= 0.3 is 0 Å². The van der Waals surface area contributed by atoms with Crippen molar-refractivity contribution in [3.63, 3.8) is 0 Å². The molecular weight excluding hydrogens is 472 g/mol. The van der Waals surface area contributed by atoms with Crippen molar-refractivity contribution in [3.05, 3.63) is 50.8 Å². The van der Waals surface area contributed by atoms with Crippen LogP contribution in [-0.4, -0.2) is 36.5 Å². The second kappa shape index (κ2) is 10.0. The van der Waals surface area contributed by atoms with Gasteiger partial charge in [0, 0.05) is 54.7 Å². The van der Waals surface area contributed by atoms with E-state index in [4.69, 9.17) is 34.8 Å². The number of benzene rings is 1. The molecule has 2 fully saturated rings. The molecule has 3 aliphatic rings. The normalized spacial score (nSPS) is 24.0. The van der Waals surface area contributed by atoms with Gasteiger partial charge in [-0.25, -0.2) is 4.39 Å². The Bertz CT molecular complexity index is 997. The van der Waals surface area contributed by atoms with E-state index in [-0.39, 0.29) is 41.1 Å². The van der Waals surface area contributed by atoms with Crippen molar-refractivity contribution in [1.82, 2.24) is 4.90 Å². The van der Waals surface area contributed by atoms with Crippen molar-refractivity contribution in [2.24, 2.45) is 11.8 Å². The highest BCUT2D eigenvalue weighted by Crippen LogP contribution is 2.37. The second-order valence-corrected chi connectivity index (χ2v) is 10.1. The van der Waals surface area contributed by atoms with Gasteiger partial charge in [0.15, 0.2) is 0 Å². The van der Waals surface area contributed by atoms with E-state index in [0.717, 1.165) is 37.8 Å². The Morgan fingerprint density at radius 3 is 2.66 bits per heavy atom. The first-order valence-corrected chi connectivity index (χ1v) is 12.2. The minimum absolute atomic E-state index is 0.0495. The van der Waals surface area contributed by atoms with E-state index in [2.05, 4.69) is 11.0 Å². The minimum Gasteiger partial charge on any atom is -0.366 e. The molecule has 8 heteroatoms. The van der Waals surface area contributed by atoms with E-state index in [9.17, 15) is 14.4 Å². The molecule has 170 valence electrons. The molecular formula is C24H25Cl3FN3O. The number of nitrogens with zero attached hydrogens (tertiary/aromatic N) is 3. The molecule has 1 saturated heterocycles. The quantitative estimate of drug-likeness (QED) is 0.476. The Labute approximate surface area is 203 Å². The first kappa shape index (κ1) is 23.4. The molecule has 1 aliphatic heterocycles. The molecule has 32 heavy (non-hydrogen) atoms. The Morgan fingerprint density at radius 2 is 1.97 bits per heavy atom. The molecule has 1 aromatic rings. The fourth-order valence-corrected chi connectivity index (χ4v) is 5.71. The van der Waals surface area contributed by atoms with Gasteiger partial charge in [-0.15, -0.1) is 0 Å². The van der Waals surface area contributed by atoms with Gasteiger partial charge in [0.25, 0.3) is 0 Å². The van der Waals surface area contributed by atoms with Crippen LogP contribution in [0.4, 0.5) is 10.1 Å². The maximum atomic E-state index is 14.2. The number of allylic oxidation sites excluding steroid dienone is 3. The lowest BCUT2D eigenvalue weighted by molar-refractivity contribution is -0.134. The van der Waals surface area contributed by atoms with Crippen molar-refractivity contribution in [3.8, 4) is 6.07 Å². The third-order valence-corrected chi connectivity index (χ3v) is 7.83. The molecule has 1 unspecified atom stereocenters. The van der Waals surface area contributed by atoms with E-state index in [0.29, 0.717) is 35.3 Å². The van der Waals surface area contributed by atoms with Gasteiger partial charge in [0.1, 0.15) is 11.9 Å². The zero-order valence-corrected chi connectivity index (χ0v) is 19.9. The van der Waals surface area contributed by atoms with Crippen molar-refractivity contribution in [1.29, 1.82) is 5.26 Å². The summed E-state index contributed by atoms with van der Waals surface area (Å²) in [7, 11) is 0. The van der Waals surface area contributed by atoms with E-state index in [1.807, 2.05) is 11.0 Å². The predicted octanol–water partition coefficient (Wildman–Crippen LogP) is 6.37. The highest BCUT2D eigenvalue weighted by atomic mass is 35.5. The van der Waals surface area contributed by atoms with Gasteiger partial charge in [-0.05, 0) is 43.5 Å². The SMILES string of the molecule is N#Cc1ccc(N(CC2CC(F)=C(Cl)C=C2Cl)[C@H]2CCN(C(=O)C3CCCC3)C2)cc1Cl. The molecule has 0 aromatic heterocycles. The number of anilines is 1. The molecule has 4 nitrogen and oxygen atoms in total. The number of hydrogen-bond donors (Lipinski definition) is 0. The molecule has 2 atom stereocenters. The summed E-state index contributed by atoms with van der Waals surface area (Å²) in [6.45, 7) is 1.78. The summed E-state index contributed by atoms with van der Waals surface area (Å²) in [6, 6.07) is 7.44. The maximum Gasteiger partial charge on any atom is 0.225 e. The standard InChI is InChI=1S/C24H25Cl3FN3O/c25-20-10-18(6-5-16(20)12-29)31(13-17-9-23(28)22(27)11-21(17)26)19-7-8-30(14-19)24(32)15-3-1-2-4-15/h5-6,10-11,15,17,19H,1-4,7-9,13-14H2/t17?,19-/m0/s1. The zero-order chi connectivity index (χ0) is 22.8. The molecule has 1 aromatic carbocycles. The monoisotopic (exact) mass is 495 g/mol. The number of rotatable bonds is 5. The summed E-state index contributed by atoms with van der Waals surface area (Å²) in [6.07, 6.45) is 6.61. The summed E-state index contributed by atoms with van der Waals surface area (Å²) in [4.78, 5) is 17.1. The number of carbonyl (C=O) groups is 1. The van der Waals surface area contributed by atoms with E-state index in [1.54, 1.807) is 12.1 Å². The molecule has 0 spiro atoms. The van der Waals surface area contributed by atoms with Crippen molar-refractivity contribution < 1.29 is 9.18 Å². The van der Waals surface area contributed by atoms with Crippen molar-refractivity contribution >= 4 is 46.4 Å². The summed E-state index contributed by atoms with van der Waals surface area (Å²) in [5.74, 6) is -0.237. The summed E-state index contributed by atoms with van der Waals surface area (Å²) >= 11 is 18.7. The average Bonchev–Trinajstić information content (AvgIpc) is 3.47. The van der Waals surface area contributed by atoms with E-state index < -0.39 is 0 Å². The Kier molecular flexibility index (Phi) is 7.34. The first-order chi connectivity index (χ1) is 15.4. The zero-order valence-electron chi connectivity index (χ0n) is 17.7. The van der Waals surface area contributed by atoms with Gasteiger partial charge in [-0.3, -0.25) is 4.79 Å². The molecule has 1 amide bonds. The lowest BCUT2D eigenvalue weighted by Gasteiger charge is -2.35.